The average Bonchev–Trinajstić information content (AvgIpc) is 2.69. The second-order valence-corrected chi connectivity index (χ2v) is 6.83. The van der Waals surface area contributed by atoms with Crippen LogP contribution < -0.4 is 0 Å². The van der Waals surface area contributed by atoms with Gasteiger partial charge in [-0.3, -0.25) is 4.90 Å². The Morgan fingerprint density at radius 3 is 2.96 bits per heavy atom. The number of ether oxygens (including phenoxy) is 1. The predicted molar refractivity (Wildman–Crippen MR) is 101 cm³/mol. The molecule has 2 atom stereocenters. The summed E-state index contributed by atoms with van der Waals surface area (Å²) in [7, 11) is 1.96. The molecule has 6 nitrogen and oxygen atoms in total. The molecular formula is C19H19ClFN5O. The smallest absolute Gasteiger partial charge is 0.178 e. The molecule has 4 rings (SSSR count). The van der Waals surface area contributed by atoms with Gasteiger partial charge in [0.25, 0.3) is 0 Å². The summed E-state index contributed by atoms with van der Waals surface area (Å²) in [6.45, 7) is 1.65. The number of halogens is 2. The third kappa shape index (κ3) is 3.71. The molecule has 2 aromatic rings. The van der Waals surface area contributed by atoms with Crippen molar-refractivity contribution in [3.8, 4) is 0 Å². The van der Waals surface area contributed by atoms with Gasteiger partial charge >= 0.3 is 0 Å². The molecule has 1 aromatic carbocycles. The normalized spacial score (nSPS) is 23.4. The van der Waals surface area contributed by atoms with E-state index in [4.69, 9.17) is 21.3 Å². The quantitative estimate of drug-likeness (QED) is 0.810. The number of aromatic nitrogens is 2. The van der Waals surface area contributed by atoms with Gasteiger partial charge in [-0.05, 0) is 24.3 Å². The van der Waals surface area contributed by atoms with Crippen molar-refractivity contribution in [1.82, 2.24) is 19.8 Å². The van der Waals surface area contributed by atoms with E-state index in [1.807, 2.05) is 30.3 Å². The summed E-state index contributed by atoms with van der Waals surface area (Å²) in [5.41, 5.74) is 1.95. The highest BCUT2D eigenvalue weighted by atomic mass is 35.5. The van der Waals surface area contributed by atoms with Crippen LogP contribution in [0.2, 0.25) is 5.02 Å². The number of hydrogen-bond acceptors (Lipinski definition) is 6. The molecule has 8 heteroatoms. The standard InChI is InChI=1S/C19H19ClFN5O/c1-25-8-6-16(15-5-7-22-12-23-15)24-19(25)26-9-10-27-17(11-26)18-13(20)3-2-4-14(18)21/h2-8,12,17,19H,9-11H2,1H3/t17?,19-/m1/s1. The first-order valence-corrected chi connectivity index (χ1v) is 9.05. The number of benzene rings is 1. The first-order valence-electron chi connectivity index (χ1n) is 8.67. The number of aliphatic imine (C=N–C) groups is 1. The Kier molecular flexibility index (Phi) is 5.15. The molecule has 2 aliphatic rings. The van der Waals surface area contributed by atoms with Crippen LogP contribution in [0.15, 0.2) is 54.1 Å². The Hall–Kier alpha value is -2.35. The highest BCUT2D eigenvalue weighted by Gasteiger charge is 2.32. The SMILES string of the molecule is CN1C=CC(c2ccncn2)=N[C@H]1N1CCOC(c2c(F)cccc2Cl)C1. The Morgan fingerprint density at radius 2 is 2.19 bits per heavy atom. The van der Waals surface area contributed by atoms with Crippen LogP contribution in [0.5, 0.6) is 0 Å². The second-order valence-electron chi connectivity index (χ2n) is 6.43. The van der Waals surface area contributed by atoms with E-state index in [1.165, 1.54) is 12.4 Å². The molecule has 3 heterocycles. The summed E-state index contributed by atoms with van der Waals surface area (Å²) < 4.78 is 20.1. The highest BCUT2D eigenvalue weighted by Crippen LogP contribution is 2.32. The maximum Gasteiger partial charge on any atom is 0.178 e. The fourth-order valence-electron chi connectivity index (χ4n) is 3.33. The van der Waals surface area contributed by atoms with Crippen LogP contribution in [-0.4, -0.2) is 58.5 Å². The third-order valence-electron chi connectivity index (χ3n) is 4.68. The minimum Gasteiger partial charge on any atom is -0.371 e. The van der Waals surface area contributed by atoms with Gasteiger partial charge < -0.3 is 9.64 Å². The van der Waals surface area contributed by atoms with Crippen molar-refractivity contribution >= 4 is 17.3 Å². The number of allylic oxidation sites excluding steroid dienone is 1. The van der Waals surface area contributed by atoms with Crippen LogP contribution in [0.25, 0.3) is 0 Å². The van der Waals surface area contributed by atoms with Crippen molar-refractivity contribution in [2.45, 2.75) is 12.4 Å². The van der Waals surface area contributed by atoms with Gasteiger partial charge in [-0.15, -0.1) is 0 Å². The number of morpholine rings is 1. The zero-order valence-corrected chi connectivity index (χ0v) is 15.6. The zero-order chi connectivity index (χ0) is 18.8. The molecule has 1 unspecified atom stereocenters. The van der Waals surface area contributed by atoms with E-state index >= 15 is 0 Å². The molecule has 1 aromatic heterocycles. The lowest BCUT2D eigenvalue weighted by Gasteiger charge is -2.41. The van der Waals surface area contributed by atoms with Crippen molar-refractivity contribution in [2.24, 2.45) is 4.99 Å². The van der Waals surface area contributed by atoms with Gasteiger partial charge in [-0.1, -0.05) is 17.7 Å². The maximum absolute atomic E-state index is 14.3. The fraction of sp³-hybridized carbons (Fsp3) is 0.316. The van der Waals surface area contributed by atoms with Gasteiger partial charge in [-0.25, -0.2) is 19.4 Å². The predicted octanol–water partition coefficient (Wildman–Crippen LogP) is 2.87. The molecule has 0 N–H and O–H groups in total. The average molecular weight is 388 g/mol. The molecule has 0 radical (unpaired) electrons. The monoisotopic (exact) mass is 387 g/mol. The largest absolute Gasteiger partial charge is 0.371 e. The number of nitrogens with zero attached hydrogens (tertiary/aromatic N) is 5. The van der Waals surface area contributed by atoms with E-state index in [-0.39, 0.29) is 12.1 Å². The molecule has 0 bridgehead atoms. The van der Waals surface area contributed by atoms with Crippen LogP contribution in [0, 0.1) is 5.82 Å². The van der Waals surface area contributed by atoms with Gasteiger partial charge in [0.2, 0.25) is 0 Å². The molecule has 1 fully saturated rings. The van der Waals surface area contributed by atoms with E-state index < -0.39 is 6.10 Å². The lowest BCUT2D eigenvalue weighted by molar-refractivity contribution is -0.0644. The lowest BCUT2D eigenvalue weighted by atomic mass is 10.1. The van der Waals surface area contributed by atoms with Crippen LogP contribution in [0.3, 0.4) is 0 Å². The van der Waals surface area contributed by atoms with Gasteiger partial charge in [0.1, 0.15) is 12.1 Å². The number of hydrogen-bond donors (Lipinski definition) is 0. The van der Waals surface area contributed by atoms with E-state index in [1.54, 1.807) is 18.3 Å². The zero-order valence-electron chi connectivity index (χ0n) is 14.8. The van der Waals surface area contributed by atoms with Crippen LogP contribution in [-0.2, 0) is 4.74 Å². The van der Waals surface area contributed by atoms with Crippen molar-refractivity contribution in [3.63, 3.8) is 0 Å². The van der Waals surface area contributed by atoms with Crippen molar-refractivity contribution in [2.75, 3.05) is 26.7 Å². The van der Waals surface area contributed by atoms with Crippen LogP contribution >= 0.6 is 11.6 Å². The number of rotatable bonds is 3. The fourth-order valence-corrected chi connectivity index (χ4v) is 3.61. The Bertz CT molecular complexity index is 855. The molecule has 0 aliphatic carbocycles. The molecule has 0 spiro atoms. The molecule has 1 saturated heterocycles. The van der Waals surface area contributed by atoms with E-state index in [9.17, 15) is 4.39 Å². The molecule has 0 saturated carbocycles. The minimum absolute atomic E-state index is 0.225. The van der Waals surface area contributed by atoms with Crippen molar-refractivity contribution in [1.29, 1.82) is 0 Å². The van der Waals surface area contributed by atoms with E-state index in [0.29, 0.717) is 30.3 Å². The summed E-state index contributed by atoms with van der Waals surface area (Å²) in [4.78, 5) is 17.2. The summed E-state index contributed by atoms with van der Waals surface area (Å²) in [6, 6.07) is 6.51. The lowest BCUT2D eigenvalue weighted by Crippen LogP contribution is -2.50. The molecule has 2 aliphatic heterocycles. The van der Waals surface area contributed by atoms with Gasteiger partial charge in [0.15, 0.2) is 6.29 Å². The second kappa shape index (κ2) is 7.72. The maximum atomic E-state index is 14.3. The van der Waals surface area contributed by atoms with Crippen molar-refractivity contribution < 1.29 is 9.13 Å². The summed E-state index contributed by atoms with van der Waals surface area (Å²) in [5, 5.41) is 0.379. The summed E-state index contributed by atoms with van der Waals surface area (Å²) in [6.07, 6.45) is 6.42. The topological polar surface area (TPSA) is 53.9 Å². The van der Waals surface area contributed by atoms with E-state index in [0.717, 1.165) is 11.4 Å². The third-order valence-corrected chi connectivity index (χ3v) is 5.01. The molecular weight excluding hydrogens is 369 g/mol. The Morgan fingerprint density at radius 1 is 1.30 bits per heavy atom. The molecule has 0 amide bonds. The first-order chi connectivity index (χ1) is 13.1. The van der Waals surface area contributed by atoms with Gasteiger partial charge in [0, 0.05) is 43.1 Å². The molecule has 27 heavy (non-hydrogen) atoms. The summed E-state index contributed by atoms with van der Waals surface area (Å²) >= 11 is 6.23. The van der Waals surface area contributed by atoms with Crippen molar-refractivity contribution in [3.05, 3.63) is 71.2 Å². The van der Waals surface area contributed by atoms with Crippen LogP contribution in [0.4, 0.5) is 4.39 Å². The van der Waals surface area contributed by atoms with E-state index in [2.05, 4.69) is 14.9 Å². The van der Waals surface area contributed by atoms with Gasteiger partial charge in [0.05, 0.1) is 24.1 Å². The Balaban J connectivity index is 1.59. The summed E-state index contributed by atoms with van der Waals surface area (Å²) in [5.74, 6) is -0.351. The minimum atomic E-state index is -0.440. The highest BCUT2D eigenvalue weighted by molar-refractivity contribution is 6.31. The van der Waals surface area contributed by atoms with Crippen LogP contribution in [0.1, 0.15) is 17.4 Å². The molecule has 140 valence electrons. The Labute approximate surface area is 162 Å². The van der Waals surface area contributed by atoms with Gasteiger partial charge in [-0.2, -0.15) is 0 Å². The first kappa shape index (κ1) is 18.0.